The van der Waals surface area contributed by atoms with Crippen LogP contribution in [-0.4, -0.2) is 45.4 Å². The summed E-state index contributed by atoms with van der Waals surface area (Å²) in [6.07, 6.45) is 5.40. The minimum Gasteiger partial charge on any atom is -0.493 e. The van der Waals surface area contributed by atoms with Crippen molar-refractivity contribution < 1.29 is 31.5 Å². The molecule has 1 N–H and O–H groups in total. The summed E-state index contributed by atoms with van der Waals surface area (Å²) in [5.41, 5.74) is 0.871. The van der Waals surface area contributed by atoms with E-state index < -0.39 is 22.5 Å². The second kappa shape index (κ2) is 10.6. The predicted octanol–water partition coefficient (Wildman–Crippen LogP) is 4.12. The Labute approximate surface area is 185 Å². The molecule has 0 unspecified atom stereocenters. The molecule has 1 fully saturated rings. The van der Waals surface area contributed by atoms with Gasteiger partial charge in [-0.3, -0.25) is 4.79 Å². The number of halogens is 2. The second-order valence-electron chi connectivity index (χ2n) is 7.10. The number of piperidine rings is 1. The first kappa shape index (κ1) is 23.7. The summed E-state index contributed by atoms with van der Waals surface area (Å²) < 4.78 is 61.3. The van der Waals surface area contributed by atoms with Crippen molar-refractivity contribution in [1.82, 2.24) is 4.31 Å². The van der Waals surface area contributed by atoms with Crippen LogP contribution in [0, 0.1) is 0 Å². The molecular formula is C22H24F2N2O5S. The molecule has 7 nitrogen and oxygen atoms in total. The van der Waals surface area contributed by atoms with Gasteiger partial charge in [-0.2, -0.15) is 13.1 Å². The molecule has 1 aliphatic heterocycles. The van der Waals surface area contributed by atoms with Gasteiger partial charge in [0.25, 0.3) is 0 Å². The third-order valence-electron chi connectivity index (χ3n) is 4.89. The van der Waals surface area contributed by atoms with E-state index in [0.29, 0.717) is 24.3 Å². The van der Waals surface area contributed by atoms with Crippen molar-refractivity contribution in [2.45, 2.75) is 30.8 Å². The van der Waals surface area contributed by atoms with Crippen LogP contribution in [0.15, 0.2) is 53.4 Å². The maximum Gasteiger partial charge on any atom is 0.387 e. The minimum atomic E-state index is -3.61. The summed E-state index contributed by atoms with van der Waals surface area (Å²) in [6.45, 7) is -2.00. The Morgan fingerprint density at radius 1 is 1.09 bits per heavy atom. The van der Waals surface area contributed by atoms with Crippen LogP contribution < -0.4 is 14.8 Å². The summed E-state index contributed by atoms with van der Waals surface area (Å²) >= 11 is 0. The molecule has 0 saturated carbocycles. The summed E-state index contributed by atoms with van der Waals surface area (Å²) in [7, 11) is -2.29. The summed E-state index contributed by atoms with van der Waals surface area (Å²) in [5.74, 6) is -0.497. The number of nitrogens with one attached hydrogen (secondary N) is 1. The fourth-order valence-electron chi connectivity index (χ4n) is 3.33. The van der Waals surface area contributed by atoms with Gasteiger partial charge in [-0.25, -0.2) is 8.42 Å². The standard InChI is InChI=1S/C22H24F2N2O5S/c1-30-20-14-16(8-10-19(20)31-22(23)24)9-11-21(27)25-17-6-5-7-18(15-17)32(28,29)26-12-3-2-4-13-26/h5-11,14-15,22H,2-4,12-13H2,1H3,(H,25,27)/b11-9+. The monoisotopic (exact) mass is 466 g/mol. The molecular weight excluding hydrogens is 442 g/mol. The largest absolute Gasteiger partial charge is 0.493 e. The number of amides is 1. The van der Waals surface area contributed by atoms with Crippen LogP contribution in [0.1, 0.15) is 24.8 Å². The lowest BCUT2D eigenvalue weighted by Gasteiger charge is -2.26. The van der Waals surface area contributed by atoms with Crippen molar-refractivity contribution in [3.8, 4) is 11.5 Å². The lowest BCUT2D eigenvalue weighted by Crippen LogP contribution is -2.35. The number of hydrogen-bond acceptors (Lipinski definition) is 5. The van der Waals surface area contributed by atoms with E-state index in [1.54, 1.807) is 12.1 Å². The molecule has 1 aliphatic rings. The van der Waals surface area contributed by atoms with Crippen molar-refractivity contribution in [3.63, 3.8) is 0 Å². The molecule has 2 aromatic carbocycles. The maximum absolute atomic E-state index is 12.8. The first-order valence-electron chi connectivity index (χ1n) is 10.0. The van der Waals surface area contributed by atoms with Gasteiger partial charge in [0.2, 0.25) is 15.9 Å². The van der Waals surface area contributed by atoms with Gasteiger partial charge in [-0.1, -0.05) is 18.6 Å². The summed E-state index contributed by atoms with van der Waals surface area (Å²) in [5, 5.41) is 2.63. The van der Waals surface area contributed by atoms with Crippen LogP contribution >= 0.6 is 0 Å². The zero-order valence-electron chi connectivity index (χ0n) is 17.5. The smallest absolute Gasteiger partial charge is 0.387 e. The molecule has 3 rings (SSSR count). The molecule has 0 aliphatic carbocycles. The fraction of sp³-hybridized carbons (Fsp3) is 0.318. The van der Waals surface area contributed by atoms with Crippen molar-refractivity contribution >= 4 is 27.7 Å². The van der Waals surface area contributed by atoms with E-state index >= 15 is 0 Å². The van der Waals surface area contributed by atoms with Crippen LogP contribution in [0.3, 0.4) is 0 Å². The molecule has 1 saturated heterocycles. The number of ether oxygens (including phenoxy) is 2. The highest BCUT2D eigenvalue weighted by atomic mass is 32.2. The van der Waals surface area contributed by atoms with E-state index in [0.717, 1.165) is 19.3 Å². The lowest BCUT2D eigenvalue weighted by atomic mass is 10.2. The summed E-state index contributed by atoms with van der Waals surface area (Å²) in [4.78, 5) is 12.4. The third kappa shape index (κ3) is 6.04. The number of methoxy groups -OCH3 is 1. The third-order valence-corrected chi connectivity index (χ3v) is 6.78. The number of nitrogens with zero attached hydrogens (tertiary/aromatic N) is 1. The fourth-order valence-corrected chi connectivity index (χ4v) is 4.89. The Bertz CT molecular complexity index is 1080. The van der Waals surface area contributed by atoms with Crippen LogP contribution in [0.25, 0.3) is 6.08 Å². The molecule has 0 aromatic heterocycles. The highest BCUT2D eigenvalue weighted by Crippen LogP contribution is 2.30. The highest BCUT2D eigenvalue weighted by molar-refractivity contribution is 7.89. The van der Waals surface area contributed by atoms with E-state index in [-0.39, 0.29) is 16.4 Å². The quantitative estimate of drug-likeness (QED) is 0.592. The van der Waals surface area contributed by atoms with E-state index in [1.807, 2.05) is 0 Å². The van der Waals surface area contributed by atoms with Crippen molar-refractivity contribution in [2.24, 2.45) is 0 Å². The Morgan fingerprint density at radius 3 is 2.53 bits per heavy atom. The van der Waals surface area contributed by atoms with E-state index in [2.05, 4.69) is 10.1 Å². The number of hydrogen-bond donors (Lipinski definition) is 1. The average Bonchev–Trinajstić information content (AvgIpc) is 2.79. The van der Waals surface area contributed by atoms with Crippen LogP contribution in [0.5, 0.6) is 11.5 Å². The highest BCUT2D eigenvalue weighted by Gasteiger charge is 2.26. The van der Waals surface area contributed by atoms with Gasteiger partial charge >= 0.3 is 6.61 Å². The number of sulfonamides is 1. The molecule has 0 radical (unpaired) electrons. The number of rotatable bonds is 8. The van der Waals surface area contributed by atoms with Crippen LogP contribution in [0.2, 0.25) is 0 Å². The molecule has 10 heteroatoms. The summed E-state index contributed by atoms with van der Waals surface area (Å²) in [6, 6.07) is 10.4. The molecule has 2 aromatic rings. The first-order valence-corrected chi connectivity index (χ1v) is 11.5. The van der Waals surface area contributed by atoms with Crippen molar-refractivity contribution in [3.05, 3.63) is 54.1 Å². The van der Waals surface area contributed by atoms with E-state index in [1.165, 1.54) is 53.9 Å². The number of benzene rings is 2. The molecule has 172 valence electrons. The zero-order valence-corrected chi connectivity index (χ0v) is 18.3. The van der Waals surface area contributed by atoms with Crippen LogP contribution in [-0.2, 0) is 14.8 Å². The average molecular weight is 467 g/mol. The Kier molecular flexibility index (Phi) is 7.81. The van der Waals surface area contributed by atoms with E-state index in [4.69, 9.17) is 4.74 Å². The zero-order chi connectivity index (χ0) is 23.1. The number of alkyl halides is 2. The molecule has 0 bridgehead atoms. The molecule has 0 spiro atoms. The Balaban J connectivity index is 1.69. The van der Waals surface area contributed by atoms with E-state index in [9.17, 15) is 22.0 Å². The normalized spacial score (nSPS) is 15.1. The van der Waals surface area contributed by atoms with Crippen molar-refractivity contribution in [1.29, 1.82) is 0 Å². The van der Waals surface area contributed by atoms with Gasteiger partial charge in [-0.05, 0) is 54.8 Å². The Morgan fingerprint density at radius 2 is 1.84 bits per heavy atom. The lowest BCUT2D eigenvalue weighted by molar-refractivity contribution is -0.111. The van der Waals surface area contributed by atoms with Gasteiger partial charge in [0, 0.05) is 24.9 Å². The minimum absolute atomic E-state index is 0.100. The van der Waals surface area contributed by atoms with Gasteiger partial charge in [0.05, 0.1) is 12.0 Å². The van der Waals surface area contributed by atoms with Crippen molar-refractivity contribution in [2.75, 3.05) is 25.5 Å². The van der Waals surface area contributed by atoms with Gasteiger partial charge < -0.3 is 14.8 Å². The van der Waals surface area contributed by atoms with Gasteiger partial charge in [0.1, 0.15) is 0 Å². The van der Waals surface area contributed by atoms with Crippen LogP contribution in [0.4, 0.5) is 14.5 Å². The second-order valence-corrected chi connectivity index (χ2v) is 9.04. The first-order chi connectivity index (χ1) is 15.3. The predicted molar refractivity (Wildman–Crippen MR) is 116 cm³/mol. The molecule has 32 heavy (non-hydrogen) atoms. The molecule has 1 heterocycles. The SMILES string of the molecule is COc1cc(/C=C/C(=O)Nc2cccc(S(=O)(=O)N3CCCCC3)c2)ccc1OC(F)F. The number of carbonyl (C=O) groups excluding carboxylic acids is 1. The van der Waals surface area contributed by atoms with Gasteiger partial charge in [-0.15, -0.1) is 0 Å². The molecule has 0 atom stereocenters. The molecule has 1 amide bonds. The maximum atomic E-state index is 12.8. The number of carbonyl (C=O) groups is 1. The van der Waals surface area contributed by atoms with Gasteiger partial charge in [0.15, 0.2) is 11.5 Å². The topological polar surface area (TPSA) is 84.9 Å². The Hall–Kier alpha value is -2.98. The number of anilines is 1.